The van der Waals surface area contributed by atoms with E-state index in [1.165, 1.54) is 13.0 Å². The minimum absolute atomic E-state index is 0.147. The molecule has 0 saturated heterocycles. The molecule has 2 atom stereocenters. The lowest BCUT2D eigenvalue weighted by Gasteiger charge is -2.17. The normalized spacial score (nSPS) is 13.2. The van der Waals surface area contributed by atoms with Gasteiger partial charge in [-0.2, -0.15) is 0 Å². The number of hydrogen-bond donors (Lipinski definition) is 3. The van der Waals surface area contributed by atoms with E-state index in [1.807, 2.05) is 30.3 Å². The van der Waals surface area contributed by atoms with Gasteiger partial charge in [0.2, 0.25) is 5.91 Å². The number of nitrogens with two attached hydrogens (primary N) is 1. The zero-order valence-corrected chi connectivity index (χ0v) is 12.1. The molecule has 1 heterocycles. The lowest BCUT2D eigenvalue weighted by atomic mass is 10.1. The molecule has 6 nitrogen and oxygen atoms in total. The van der Waals surface area contributed by atoms with Gasteiger partial charge in [-0.1, -0.05) is 36.4 Å². The Labute approximate surface area is 128 Å². The number of aromatic nitrogens is 1. The first-order valence-electron chi connectivity index (χ1n) is 6.80. The van der Waals surface area contributed by atoms with E-state index in [-0.39, 0.29) is 5.69 Å². The molecular formula is C16H17N3O3. The number of primary amides is 1. The molecular weight excluding hydrogens is 282 g/mol. The van der Waals surface area contributed by atoms with Gasteiger partial charge in [0.25, 0.3) is 5.91 Å². The second kappa shape index (κ2) is 6.82. The summed E-state index contributed by atoms with van der Waals surface area (Å²) in [7, 11) is 0. The Balaban J connectivity index is 2.22. The fourth-order valence-electron chi connectivity index (χ4n) is 1.98. The van der Waals surface area contributed by atoms with E-state index in [4.69, 9.17) is 5.73 Å². The van der Waals surface area contributed by atoms with Crippen molar-refractivity contribution < 1.29 is 14.7 Å². The zero-order chi connectivity index (χ0) is 16.1. The van der Waals surface area contributed by atoms with Crippen LogP contribution in [-0.2, 0) is 4.79 Å². The summed E-state index contributed by atoms with van der Waals surface area (Å²) in [6, 6.07) is 13.3. The molecule has 0 saturated carbocycles. The summed E-state index contributed by atoms with van der Waals surface area (Å²) >= 11 is 0. The summed E-state index contributed by atoms with van der Waals surface area (Å²) < 4.78 is 0. The predicted octanol–water partition coefficient (Wildman–Crippen LogP) is 0.713. The largest absolute Gasteiger partial charge is 0.391 e. The van der Waals surface area contributed by atoms with Gasteiger partial charge in [0.1, 0.15) is 11.7 Å². The number of aliphatic hydroxyl groups excluding tert-OH is 1. The van der Waals surface area contributed by atoms with Crippen LogP contribution in [0.5, 0.6) is 0 Å². The molecule has 2 amide bonds. The van der Waals surface area contributed by atoms with Gasteiger partial charge in [-0.3, -0.25) is 9.59 Å². The number of rotatable bonds is 5. The summed E-state index contributed by atoms with van der Waals surface area (Å²) in [5.74, 6) is -1.37. The van der Waals surface area contributed by atoms with Gasteiger partial charge in [0, 0.05) is 5.56 Å². The van der Waals surface area contributed by atoms with Crippen LogP contribution < -0.4 is 11.1 Å². The Hall–Kier alpha value is -2.73. The number of carbonyl (C=O) groups is 2. The standard InChI is InChI=1S/C16H17N3O3/c1-10(20)14(15(17)21)19-16(22)13-9-5-8-12(18-13)11-6-3-2-4-7-11/h2-10,14,20H,1H3,(H2,17,21)(H,19,22)/t10-,14+/m1/s1. The molecule has 4 N–H and O–H groups in total. The number of hydrogen-bond acceptors (Lipinski definition) is 4. The van der Waals surface area contributed by atoms with Gasteiger partial charge in [-0.15, -0.1) is 0 Å². The van der Waals surface area contributed by atoms with Crippen LogP contribution in [0.15, 0.2) is 48.5 Å². The highest BCUT2D eigenvalue weighted by molar-refractivity contribution is 5.96. The molecule has 6 heteroatoms. The van der Waals surface area contributed by atoms with Crippen molar-refractivity contribution in [2.45, 2.75) is 19.1 Å². The van der Waals surface area contributed by atoms with E-state index in [2.05, 4.69) is 10.3 Å². The first kappa shape index (κ1) is 15.7. The van der Waals surface area contributed by atoms with Crippen molar-refractivity contribution in [3.8, 4) is 11.3 Å². The number of carbonyl (C=O) groups excluding carboxylic acids is 2. The number of benzene rings is 1. The summed E-state index contributed by atoms with van der Waals surface area (Å²) in [5.41, 5.74) is 6.81. The highest BCUT2D eigenvalue weighted by Gasteiger charge is 2.24. The average molecular weight is 299 g/mol. The molecule has 0 bridgehead atoms. The Morgan fingerprint density at radius 3 is 2.41 bits per heavy atom. The van der Waals surface area contributed by atoms with Crippen LogP contribution in [0.1, 0.15) is 17.4 Å². The molecule has 0 aliphatic rings. The number of nitrogens with zero attached hydrogens (tertiary/aromatic N) is 1. The van der Waals surface area contributed by atoms with Gasteiger partial charge in [0.15, 0.2) is 0 Å². The second-order valence-electron chi connectivity index (χ2n) is 4.87. The van der Waals surface area contributed by atoms with Gasteiger partial charge in [0.05, 0.1) is 11.8 Å². The van der Waals surface area contributed by atoms with Gasteiger partial charge >= 0.3 is 0 Å². The van der Waals surface area contributed by atoms with Crippen molar-refractivity contribution in [1.29, 1.82) is 0 Å². The molecule has 0 aliphatic carbocycles. The predicted molar refractivity (Wildman–Crippen MR) is 81.8 cm³/mol. The van der Waals surface area contributed by atoms with E-state index in [0.29, 0.717) is 5.69 Å². The van der Waals surface area contributed by atoms with E-state index < -0.39 is 24.0 Å². The summed E-state index contributed by atoms with van der Waals surface area (Å²) in [4.78, 5) is 27.6. The SMILES string of the molecule is C[C@@H](O)[C@H](NC(=O)c1cccc(-c2ccccc2)n1)C(N)=O. The molecule has 0 radical (unpaired) electrons. The Bertz CT molecular complexity index is 671. The van der Waals surface area contributed by atoms with Crippen LogP contribution in [0, 0.1) is 0 Å². The highest BCUT2D eigenvalue weighted by atomic mass is 16.3. The van der Waals surface area contributed by atoms with Gasteiger partial charge in [-0.25, -0.2) is 4.98 Å². The van der Waals surface area contributed by atoms with Crippen molar-refractivity contribution in [2.24, 2.45) is 5.73 Å². The minimum Gasteiger partial charge on any atom is -0.391 e. The molecule has 2 rings (SSSR count). The summed E-state index contributed by atoms with van der Waals surface area (Å²) in [6.45, 7) is 1.38. The van der Waals surface area contributed by atoms with Crippen LogP contribution in [-0.4, -0.2) is 34.1 Å². The molecule has 0 fully saturated rings. The maximum atomic E-state index is 12.2. The Morgan fingerprint density at radius 1 is 1.14 bits per heavy atom. The average Bonchev–Trinajstić information content (AvgIpc) is 2.52. The topological polar surface area (TPSA) is 105 Å². The van der Waals surface area contributed by atoms with E-state index >= 15 is 0 Å². The number of amides is 2. The number of nitrogens with one attached hydrogen (secondary N) is 1. The van der Waals surface area contributed by atoms with Crippen LogP contribution in [0.3, 0.4) is 0 Å². The second-order valence-corrected chi connectivity index (χ2v) is 4.87. The van der Waals surface area contributed by atoms with E-state index in [0.717, 1.165) is 5.56 Å². The van der Waals surface area contributed by atoms with Crippen LogP contribution in [0.25, 0.3) is 11.3 Å². The van der Waals surface area contributed by atoms with Crippen molar-refractivity contribution in [1.82, 2.24) is 10.3 Å². The Kier molecular flexibility index (Phi) is 4.85. The van der Waals surface area contributed by atoms with Crippen molar-refractivity contribution in [2.75, 3.05) is 0 Å². The van der Waals surface area contributed by atoms with Gasteiger partial charge < -0.3 is 16.2 Å². The molecule has 114 valence electrons. The van der Waals surface area contributed by atoms with Crippen molar-refractivity contribution in [3.05, 3.63) is 54.2 Å². The van der Waals surface area contributed by atoms with Crippen molar-refractivity contribution in [3.63, 3.8) is 0 Å². The summed E-state index contributed by atoms with van der Waals surface area (Å²) in [5, 5.41) is 11.9. The molecule has 0 spiro atoms. The van der Waals surface area contributed by atoms with Crippen LogP contribution in [0.4, 0.5) is 0 Å². The fraction of sp³-hybridized carbons (Fsp3) is 0.188. The minimum atomic E-state index is -1.16. The third-order valence-corrected chi connectivity index (χ3v) is 3.13. The Morgan fingerprint density at radius 2 is 1.82 bits per heavy atom. The first-order valence-corrected chi connectivity index (χ1v) is 6.80. The lowest BCUT2D eigenvalue weighted by Crippen LogP contribution is -2.50. The van der Waals surface area contributed by atoms with Gasteiger partial charge in [-0.05, 0) is 19.1 Å². The lowest BCUT2D eigenvalue weighted by molar-refractivity contribution is -0.122. The third-order valence-electron chi connectivity index (χ3n) is 3.13. The van der Waals surface area contributed by atoms with Crippen LogP contribution >= 0.6 is 0 Å². The molecule has 1 aromatic heterocycles. The molecule has 22 heavy (non-hydrogen) atoms. The monoisotopic (exact) mass is 299 g/mol. The maximum Gasteiger partial charge on any atom is 0.270 e. The molecule has 1 aromatic carbocycles. The smallest absolute Gasteiger partial charge is 0.270 e. The number of aliphatic hydroxyl groups is 1. The zero-order valence-electron chi connectivity index (χ0n) is 12.1. The van der Waals surface area contributed by atoms with Crippen LogP contribution in [0.2, 0.25) is 0 Å². The van der Waals surface area contributed by atoms with E-state index in [9.17, 15) is 14.7 Å². The quantitative estimate of drug-likeness (QED) is 0.756. The fourth-order valence-corrected chi connectivity index (χ4v) is 1.98. The molecule has 2 aromatic rings. The molecule has 0 aliphatic heterocycles. The first-order chi connectivity index (χ1) is 10.5. The van der Waals surface area contributed by atoms with Crippen molar-refractivity contribution >= 4 is 11.8 Å². The molecule has 0 unspecified atom stereocenters. The third kappa shape index (κ3) is 3.67. The summed E-state index contributed by atoms with van der Waals surface area (Å²) in [6.07, 6.45) is -1.08. The van der Waals surface area contributed by atoms with E-state index in [1.54, 1.807) is 12.1 Å². The maximum absolute atomic E-state index is 12.2. The highest BCUT2D eigenvalue weighted by Crippen LogP contribution is 2.16. The number of pyridine rings is 1.